The van der Waals surface area contributed by atoms with E-state index in [1.165, 1.54) is 6.07 Å². The highest BCUT2D eigenvalue weighted by atomic mass is 32.1. The molecular formula is C15H18N4O4S. The number of nitrogens with zero attached hydrogens (tertiary/aromatic N) is 1. The first kappa shape index (κ1) is 16.4. The molecule has 8 nitrogen and oxygen atoms in total. The number of hydrogen-bond donors (Lipinski definition) is 3. The van der Waals surface area contributed by atoms with Crippen molar-refractivity contribution in [2.24, 2.45) is 5.73 Å². The zero-order chi connectivity index (χ0) is 17.3. The summed E-state index contributed by atoms with van der Waals surface area (Å²) in [5.74, 6) is -1.54. The predicted molar refractivity (Wildman–Crippen MR) is 87.5 cm³/mol. The Morgan fingerprint density at radius 1 is 1.29 bits per heavy atom. The molecule has 0 radical (unpaired) electrons. The van der Waals surface area contributed by atoms with E-state index in [9.17, 15) is 19.2 Å². The first-order valence-corrected chi connectivity index (χ1v) is 8.62. The number of carbonyl (C=O) groups excluding carboxylic acids is 4. The smallest absolute Gasteiger partial charge is 0.325 e. The number of thiophene rings is 1. The molecule has 3 rings (SSSR count). The molecule has 1 spiro atoms. The molecule has 24 heavy (non-hydrogen) atoms. The molecule has 1 aliphatic carbocycles. The van der Waals surface area contributed by atoms with Crippen LogP contribution < -0.4 is 16.4 Å². The minimum atomic E-state index is -0.850. The highest BCUT2D eigenvalue weighted by Crippen LogP contribution is 2.33. The van der Waals surface area contributed by atoms with Crippen molar-refractivity contribution < 1.29 is 19.2 Å². The molecule has 2 fully saturated rings. The zero-order valence-electron chi connectivity index (χ0n) is 13.0. The quantitative estimate of drug-likeness (QED) is 0.702. The normalized spacial score (nSPS) is 19.4. The van der Waals surface area contributed by atoms with Crippen LogP contribution >= 0.6 is 11.3 Å². The maximum atomic E-state index is 12.6. The Morgan fingerprint density at radius 3 is 2.67 bits per heavy atom. The van der Waals surface area contributed by atoms with Gasteiger partial charge in [-0.2, -0.15) is 0 Å². The average Bonchev–Trinajstić information content (AvgIpc) is 3.08. The molecule has 4 N–H and O–H groups in total. The number of imide groups is 1. The number of carbonyl (C=O) groups is 4. The standard InChI is InChI=1S/C15H18N4O4S/c16-11(21)9-4-7-24-12(9)17-10(20)8-19-13(22)15(18-14(19)23)5-2-1-3-6-15/h4,7H,1-3,5-6,8H2,(H2,16,21)(H,17,20)(H,18,23). The fraction of sp³-hybridized carbons (Fsp3) is 0.467. The minimum absolute atomic E-state index is 0.203. The Labute approximate surface area is 142 Å². The van der Waals surface area contributed by atoms with Crippen molar-refractivity contribution in [1.82, 2.24) is 10.2 Å². The van der Waals surface area contributed by atoms with Crippen LogP contribution in [-0.2, 0) is 9.59 Å². The molecule has 0 atom stereocenters. The van der Waals surface area contributed by atoms with Crippen LogP contribution in [0, 0.1) is 0 Å². The molecule has 128 valence electrons. The van der Waals surface area contributed by atoms with E-state index < -0.39 is 23.4 Å². The average molecular weight is 350 g/mol. The second kappa shape index (κ2) is 6.23. The summed E-state index contributed by atoms with van der Waals surface area (Å²) in [7, 11) is 0. The molecule has 1 aliphatic heterocycles. The van der Waals surface area contributed by atoms with E-state index in [4.69, 9.17) is 5.73 Å². The van der Waals surface area contributed by atoms with Gasteiger partial charge >= 0.3 is 6.03 Å². The summed E-state index contributed by atoms with van der Waals surface area (Å²) in [6, 6.07) is 0.964. The van der Waals surface area contributed by atoms with Gasteiger partial charge in [0, 0.05) is 0 Å². The first-order chi connectivity index (χ1) is 11.4. The molecule has 1 aromatic heterocycles. The lowest BCUT2D eigenvalue weighted by atomic mass is 9.82. The van der Waals surface area contributed by atoms with Gasteiger partial charge in [-0.25, -0.2) is 4.79 Å². The first-order valence-electron chi connectivity index (χ1n) is 7.74. The van der Waals surface area contributed by atoms with E-state index in [0.717, 1.165) is 35.5 Å². The molecule has 9 heteroatoms. The van der Waals surface area contributed by atoms with Gasteiger partial charge in [0.05, 0.1) is 5.56 Å². The summed E-state index contributed by atoms with van der Waals surface area (Å²) in [5.41, 5.74) is 4.58. The molecule has 1 aromatic rings. The topological polar surface area (TPSA) is 122 Å². The number of hydrogen-bond acceptors (Lipinski definition) is 5. The third-order valence-electron chi connectivity index (χ3n) is 4.44. The van der Waals surface area contributed by atoms with E-state index in [1.807, 2.05) is 0 Å². The van der Waals surface area contributed by atoms with E-state index >= 15 is 0 Å². The number of nitrogens with two attached hydrogens (primary N) is 1. The van der Waals surface area contributed by atoms with Gasteiger partial charge in [0.1, 0.15) is 17.1 Å². The van der Waals surface area contributed by atoms with E-state index in [0.29, 0.717) is 17.8 Å². The van der Waals surface area contributed by atoms with E-state index in [1.54, 1.807) is 5.38 Å². The molecule has 0 unspecified atom stereocenters. The van der Waals surface area contributed by atoms with Crippen LogP contribution in [0.3, 0.4) is 0 Å². The lowest BCUT2D eigenvalue weighted by Gasteiger charge is -2.30. The fourth-order valence-corrected chi connectivity index (χ4v) is 4.03. The summed E-state index contributed by atoms with van der Waals surface area (Å²) in [4.78, 5) is 49.1. The predicted octanol–water partition coefficient (Wildman–Crippen LogP) is 1.04. The summed E-state index contributed by atoms with van der Waals surface area (Å²) in [6.45, 7) is -0.386. The maximum Gasteiger partial charge on any atom is 0.325 e. The van der Waals surface area contributed by atoms with Gasteiger partial charge in [-0.15, -0.1) is 11.3 Å². The van der Waals surface area contributed by atoms with Crippen molar-refractivity contribution >= 4 is 40.1 Å². The molecule has 2 heterocycles. The minimum Gasteiger partial charge on any atom is -0.366 e. The lowest BCUT2D eigenvalue weighted by Crippen LogP contribution is -2.48. The van der Waals surface area contributed by atoms with Crippen LogP contribution in [0.5, 0.6) is 0 Å². The van der Waals surface area contributed by atoms with Crippen molar-refractivity contribution in [3.05, 3.63) is 17.0 Å². The van der Waals surface area contributed by atoms with Crippen LogP contribution in [0.25, 0.3) is 0 Å². The fourth-order valence-electron chi connectivity index (χ4n) is 3.22. The lowest BCUT2D eigenvalue weighted by molar-refractivity contribution is -0.134. The number of anilines is 1. The molecule has 5 amide bonds. The number of rotatable bonds is 4. The molecule has 2 aliphatic rings. The molecule has 1 saturated carbocycles. The largest absolute Gasteiger partial charge is 0.366 e. The van der Waals surface area contributed by atoms with Crippen molar-refractivity contribution in [2.75, 3.05) is 11.9 Å². The molecule has 0 aromatic carbocycles. The van der Waals surface area contributed by atoms with Crippen molar-refractivity contribution in [3.63, 3.8) is 0 Å². The van der Waals surface area contributed by atoms with Crippen LogP contribution in [0.2, 0.25) is 0 Å². The Balaban J connectivity index is 1.68. The van der Waals surface area contributed by atoms with Crippen molar-refractivity contribution in [3.8, 4) is 0 Å². The highest BCUT2D eigenvalue weighted by molar-refractivity contribution is 7.14. The Morgan fingerprint density at radius 2 is 2.00 bits per heavy atom. The van der Waals surface area contributed by atoms with E-state index in [2.05, 4.69) is 10.6 Å². The summed E-state index contributed by atoms with van der Waals surface area (Å²) < 4.78 is 0. The Hall–Kier alpha value is -2.42. The van der Waals surface area contributed by atoms with Crippen LogP contribution in [0.1, 0.15) is 42.5 Å². The number of nitrogens with one attached hydrogen (secondary N) is 2. The second-order valence-electron chi connectivity index (χ2n) is 6.04. The third-order valence-corrected chi connectivity index (χ3v) is 5.27. The van der Waals surface area contributed by atoms with Crippen LogP contribution in [0.15, 0.2) is 11.4 Å². The summed E-state index contributed by atoms with van der Waals surface area (Å²) >= 11 is 1.15. The van der Waals surface area contributed by atoms with Gasteiger partial charge in [0.25, 0.3) is 11.8 Å². The number of urea groups is 1. The van der Waals surface area contributed by atoms with Crippen molar-refractivity contribution in [2.45, 2.75) is 37.6 Å². The Bertz CT molecular complexity index is 708. The SMILES string of the molecule is NC(=O)c1ccsc1NC(=O)CN1C(=O)NC2(CCCCC2)C1=O. The van der Waals surface area contributed by atoms with Gasteiger partial charge in [0.2, 0.25) is 5.91 Å². The van der Waals surface area contributed by atoms with Gasteiger partial charge in [-0.05, 0) is 24.3 Å². The van der Waals surface area contributed by atoms with Gasteiger partial charge < -0.3 is 16.4 Å². The summed E-state index contributed by atoms with van der Waals surface area (Å²) in [6.07, 6.45) is 4.00. The van der Waals surface area contributed by atoms with Gasteiger partial charge in [-0.3, -0.25) is 19.3 Å². The molecular weight excluding hydrogens is 332 g/mol. The van der Waals surface area contributed by atoms with Crippen LogP contribution in [0.4, 0.5) is 9.80 Å². The highest BCUT2D eigenvalue weighted by Gasteiger charge is 2.51. The van der Waals surface area contributed by atoms with Crippen molar-refractivity contribution in [1.29, 1.82) is 0 Å². The van der Waals surface area contributed by atoms with Gasteiger partial charge in [-0.1, -0.05) is 19.3 Å². The monoisotopic (exact) mass is 350 g/mol. The summed E-state index contributed by atoms with van der Waals surface area (Å²) in [5, 5.41) is 7.22. The third kappa shape index (κ3) is 2.86. The molecule has 1 saturated heterocycles. The zero-order valence-corrected chi connectivity index (χ0v) is 13.8. The maximum absolute atomic E-state index is 12.6. The second-order valence-corrected chi connectivity index (χ2v) is 6.96. The Kier molecular flexibility index (Phi) is 4.27. The number of primary amides is 1. The van der Waals surface area contributed by atoms with Crippen LogP contribution in [-0.4, -0.2) is 40.7 Å². The molecule has 0 bridgehead atoms. The van der Waals surface area contributed by atoms with Gasteiger partial charge in [0.15, 0.2) is 0 Å². The van der Waals surface area contributed by atoms with E-state index in [-0.39, 0.29) is 18.0 Å². The number of amides is 5.